The van der Waals surface area contributed by atoms with Crippen LogP contribution < -0.4 is 4.74 Å². The van der Waals surface area contributed by atoms with Crippen LogP contribution in [0, 0.1) is 6.92 Å². The molecule has 0 fully saturated rings. The quantitative estimate of drug-likeness (QED) is 0.745. The summed E-state index contributed by atoms with van der Waals surface area (Å²) < 4.78 is 27.4. The Balaban J connectivity index is 2.82. The topological polar surface area (TPSA) is 29.5 Å². The Morgan fingerprint density at radius 2 is 2.08 bits per heavy atom. The molecule has 0 saturated carbocycles. The second-order valence-corrected chi connectivity index (χ2v) is 2.33. The van der Waals surface area contributed by atoms with Crippen LogP contribution in [0.3, 0.4) is 0 Å². The van der Waals surface area contributed by atoms with Crippen molar-refractivity contribution in [1.82, 2.24) is 0 Å². The molecule has 0 aliphatic heterocycles. The lowest BCUT2D eigenvalue weighted by Gasteiger charge is -2.05. The fourth-order valence-electron chi connectivity index (χ4n) is 0.765. The minimum absolute atomic E-state index is 0.0342. The molecule has 1 rings (SSSR count). The van der Waals surface area contributed by atoms with E-state index in [2.05, 4.69) is 4.74 Å². The van der Waals surface area contributed by atoms with Crippen LogP contribution in [-0.4, -0.2) is 11.7 Å². The molecule has 0 bridgehead atoms. The van der Waals surface area contributed by atoms with Crippen molar-refractivity contribution in [3.63, 3.8) is 0 Å². The third kappa shape index (κ3) is 2.08. The lowest BCUT2D eigenvalue weighted by atomic mass is 10.2. The number of aromatic hydroxyl groups is 1. The number of ether oxygens (including phenoxy) is 1. The summed E-state index contributed by atoms with van der Waals surface area (Å²) in [6.07, 6.45) is 0. The summed E-state index contributed by atoms with van der Waals surface area (Å²) >= 11 is 0. The van der Waals surface area contributed by atoms with Crippen LogP contribution in [0.1, 0.15) is 5.56 Å². The van der Waals surface area contributed by atoms with E-state index in [1.165, 1.54) is 12.1 Å². The van der Waals surface area contributed by atoms with Crippen molar-refractivity contribution < 1.29 is 18.6 Å². The van der Waals surface area contributed by atoms with E-state index in [9.17, 15) is 8.78 Å². The summed E-state index contributed by atoms with van der Waals surface area (Å²) in [5.41, 5.74) is 0.622. The zero-order chi connectivity index (χ0) is 9.14. The van der Waals surface area contributed by atoms with Crippen molar-refractivity contribution in [1.29, 1.82) is 0 Å². The number of phenols is 1. The Labute approximate surface area is 68.4 Å². The van der Waals surface area contributed by atoms with E-state index in [0.29, 0.717) is 5.56 Å². The van der Waals surface area contributed by atoms with Gasteiger partial charge in [0.2, 0.25) is 0 Å². The van der Waals surface area contributed by atoms with Crippen LogP contribution in [0.15, 0.2) is 18.2 Å². The lowest BCUT2D eigenvalue weighted by Crippen LogP contribution is -2.01. The summed E-state index contributed by atoms with van der Waals surface area (Å²) in [5.74, 6) is -0.0822. The number of alkyl halides is 2. The molecule has 0 aliphatic carbocycles. The van der Waals surface area contributed by atoms with Gasteiger partial charge in [0, 0.05) is 6.07 Å². The number of hydrogen-bond donors (Lipinski definition) is 1. The van der Waals surface area contributed by atoms with Gasteiger partial charge in [-0.2, -0.15) is 8.78 Å². The second-order valence-electron chi connectivity index (χ2n) is 2.33. The van der Waals surface area contributed by atoms with Crippen LogP contribution in [0.4, 0.5) is 8.78 Å². The predicted octanol–water partition coefficient (Wildman–Crippen LogP) is 2.30. The first-order chi connectivity index (χ1) is 5.59. The van der Waals surface area contributed by atoms with E-state index in [0.717, 1.165) is 6.07 Å². The summed E-state index contributed by atoms with van der Waals surface area (Å²) in [6.45, 7) is -1.19. The van der Waals surface area contributed by atoms with Gasteiger partial charge in [0.1, 0.15) is 11.5 Å². The highest BCUT2D eigenvalue weighted by Gasteiger charge is 2.05. The van der Waals surface area contributed by atoms with Gasteiger partial charge in [0.15, 0.2) is 0 Å². The molecule has 0 amide bonds. The van der Waals surface area contributed by atoms with Gasteiger partial charge in [-0.3, -0.25) is 0 Å². The van der Waals surface area contributed by atoms with Crippen molar-refractivity contribution >= 4 is 0 Å². The van der Waals surface area contributed by atoms with Crippen LogP contribution in [0.5, 0.6) is 11.5 Å². The normalized spacial score (nSPS) is 10.3. The van der Waals surface area contributed by atoms with Gasteiger partial charge in [0.05, 0.1) is 0 Å². The molecule has 2 nitrogen and oxygen atoms in total. The average molecular weight is 174 g/mol. The Morgan fingerprint density at radius 1 is 1.42 bits per heavy atom. The van der Waals surface area contributed by atoms with Gasteiger partial charge in [-0.05, 0) is 18.6 Å². The number of aryl methyl sites for hydroxylation is 1. The monoisotopic (exact) mass is 174 g/mol. The van der Waals surface area contributed by atoms with E-state index in [1.807, 2.05) is 0 Å². The molecular formula is C8H8F2O2. The highest BCUT2D eigenvalue weighted by Crippen LogP contribution is 2.23. The van der Waals surface area contributed by atoms with Gasteiger partial charge in [-0.1, -0.05) is 6.07 Å². The van der Waals surface area contributed by atoms with Crippen LogP contribution >= 0.6 is 0 Å². The number of halogens is 2. The van der Waals surface area contributed by atoms with Crippen molar-refractivity contribution in [2.75, 3.05) is 0 Å². The van der Waals surface area contributed by atoms with E-state index < -0.39 is 6.61 Å². The predicted molar refractivity (Wildman–Crippen MR) is 39.5 cm³/mol. The summed E-state index contributed by atoms with van der Waals surface area (Å²) in [7, 11) is 0. The minimum atomic E-state index is -2.85. The molecular weight excluding hydrogens is 166 g/mol. The molecule has 0 radical (unpaired) electrons. The summed E-state index contributed by atoms with van der Waals surface area (Å²) in [6, 6.07) is 4.04. The number of hydrogen-bond acceptors (Lipinski definition) is 2. The molecule has 12 heavy (non-hydrogen) atoms. The second kappa shape index (κ2) is 3.38. The van der Waals surface area contributed by atoms with Gasteiger partial charge < -0.3 is 9.84 Å². The van der Waals surface area contributed by atoms with E-state index in [-0.39, 0.29) is 11.5 Å². The molecule has 0 atom stereocenters. The third-order valence-electron chi connectivity index (χ3n) is 1.41. The molecule has 0 saturated heterocycles. The first-order valence-corrected chi connectivity index (χ1v) is 3.34. The largest absolute Gasteiger partial charge is 0.508 e. The van der Waals surface area contributed by atoms with Crippen LogP contribution in [0.2, 0.25) is 0 Å². The Hall–Kier alpha value is -1.32. The zero-order valence-electron chi connectivity index (χ0n) is 6.42. The molecule has 1 aromatic carbocycles. The first kappa shape index (κ1) is 8.77. The Kier molecular flexibility index (Phi) is 2.47. The molecule has 4 heteroatoms. The van der Waals surface area contributed by atoms with Crippen molar-refractivity contribution in [3.8, 4) is 11.5 Å². The molecule has 0 heterocycles. The SMILES string of the molecule is Cc1ccc(OC(F)F)cc1O. The van der Waals surface area contributed by atoms with E-state index in [4.69, 9.17) is 5.11 Å². The fraction of sp³-hybridized carbons (Fsp3) is 0.250. The zero-order valence-corrected chi connectivity index (χ0v) is 6.42. The maximum Gasteiger partial charge on any atom is 0.387 e. The standard InChI is InChI=1S/C8H8F2O2/c1-5-2-3-6(4-7(5)11)12-8(9)10/h2-4,8,11H,1H3. The molecule has 0 spiro atoms. The number of phenolic OH excluding ortho intramolecular Hbond substituents is 1. The minimum Gasteiger partial charge on any atom is -0.508 e. The molecule has 0 aliphatic rings. The van der Waals surface area contributed by atoms with E-state index in [1.54, 1.807) is 6.92 Å². The Morgan fingerprint density at radius 3 is 2.58 bits per heavy atom. The van der Waals surface area contributed by atoms with Crippen molar-refractivity contribution in [2.24, 2.45) is 0 Å². The van der Waals surface area contributed by atoms with Crippen LogP contribution in [-0.2, 0) is 0 Å². The third-order valence-corrected chi connectivity index (χ3v) is 1.41. The molecule has 1 N–H and O–H groups in total. The Bertz CT molecular complexity index is 274. The van der Waals surface area contributed by atoms with Crippen molar-refractivity contribution in [2.45, 2.75) is 13.5 Å². The molecule has 1 aromatic rings. The van der Waals surface area contributed by atoms with Gasteiger partial charge in [-0.25, -0.2) is 0 Å². The maximum atomic E-state index is 11.6. The van der Waals surface area contributed by atoms with Gasteiger partial charge in [-0.15, -0.1) is 0 Å². The summed E-state index contributed by atoms with van der Waals surface area (Å²) in [5, 5.41) is 9.09. The van der Waals surface area contributed by atoms with Crippen LogP contribution in [0.25, 0.3) is 0 Å². The molecule has 0 aromatic heterocycles. The number of rotatable bonds is 2. The first-order valence-electron chi connectivity index (χ1n) is 3.34. The van der Waals surface area contributed by atoms with Crippen molar-refractivity contribution in [3.05, 3.63) is 23.8 Å². The van der Waals surface area contributed by atoms with Gasteiger partial charge >= 0.3 is 6.61 Å². The highest BCUT2D eigenvalue weighted by molar-refractivity contribution is 5.38. The molecule has 0 unspecified atom stereocenters. The maximum absolute atomic E-state index is 11.6. The lowest BCUT2D eigenvalue weighted by molar-refractivity contribution is -0.0499. The average Bonchev–Trinajstić information content (AvgIpc) is 1.96. The smallest absolute Gasteiger partial charge is 0.387 e. The van der Waals surface area contributed by atoms with Gasteiger partial charge in [0.25, 0.3) is 0 Å². The number of benzene rings is 1. The van der Waals surface area contributed by atoms with E-state index >= 15 is 0 Å². The fourth-order valence-corrected chi connectivity index (χ4v) is 0.765. The highest BCUT2D eigenvalue weighted by atomic mass is 19.3. The summed E-state index contributed by atoms with van der Waals surface area (Å²) in [4.78, 5) is 0. The molecule has 66 valence electrons.